The molecule has 4 heteroatoms. The molecule has 0 saturated heterocycles. The lowest BCUT2D eigenvalue weighted by Gasteiger charge is -2.17. The second-order valence-electron chi connectivity index (χ2n) is 4.45. The summed E-state index contributed by atoms with van der Waals surface area (Å²) in [6.45, 7) is 2.09. The van der Waals surface area contributed by atoms with Gasteiger partial charge in [0.05, 0.1) is 22.3 Å². The van der Waals surface area contributed by atoms with Gasteiger partial charge in [-0.2, -0.15) is 5.26 Å². The molecule has 20 heavy (non-hydrogen) atoms. The van der Waals surface area contributed by atoms with Crippen molar-refractivity contribution in [2.45, 2.75) is 17.9 Å². The molecule has 2 aromatic carbocycles. The molecule has 0 spiro atoms. The smallest absolute Gasteiger partial charge is 0.0992 e. The Morgan fingerprint density at radius 2 is 1.90 bits per heavy atom. The number of rotatable bonds is 4. The van der Waals surface area contributed by atoms with Crippen molar-refractivity contribution < 1.29 is 0 Å². The van der Waals surface area contributed by atoms with Crippen LogP contribution in [0.5, 0.6) is 0 Å². The Labute approximate surface area is 128 Å². The van der Waals surface area contributed by atoms with Gasteiger partial charge in [0.2, 0.25) is 0 Å². The van der Waals surface area contributed by atoms with Crippen molar-refractivity contribution in [1.29, 1.82) is 5.26 Å². The lowest BCUT2D eigenvalue weighted by molar-refractivity contribution is 0.883. The van der Waals surface area contributed by atoms with Crippen LogP contribution in [0.4, 0.5) is 5.69 Å². The second-order valence-corrected chi connectivity index (χ2v) is 5.73. The zero-order valence-corrected chi connectivity index (χ0v) is 12.9. The van der Waals surface area contributed by atoms with Gasteiger partial charge < -0.3 is 5.32 Å². The molecule has 0 heterocycles. The summed E-state index contributed by atoms with van der Waals surface area (Å²) >= 11 is 7.90. The third-order valence-electron chi connectivity index (χ3n) is 3.09. The Morgan fingerprint density at radius 3 is 2.45 bits per heavy atom. The second kappa shape index (κ2) is 6.69. The van der Waals surface area contributed by atoms with Gasteiger partial charge in [-0.25, -0.2) is 0 Å². The first-order chi connectivity index (χ1) is 9.63. The van der Waals surface area contributed by atoms with Crippen LogP contribution in [0.3, 0.4) is 0 Å². The highest BCUT2D eigenvalue weighted by atomic mass is 35.5. The van der Waals surface area contributed by atoms with E-state index in [1.807, 2.05) is 6.07 Å². The fraction of sp³-hybridized carbons (Fsp3) is 0.188. The molecular weight excluding hydrogens is 288 g/mol. The first-order valence-corrected chi connectivity index (χ1v) is 7.84. The molecule has 0 aliphatic heterocycles. The number of nitriles is 1. The van der Waals surface area contributed by atoms with E-state index in [4.69, 9.17) is 16.9 Å². The monoisotopic (exact) mass is 302 g/mol. The molecule has 0 radical (unpaired) electrons. The van der Waals surface area contributed by atoms with Crippen LogP contribution in [0, 0.1) is 11.3 Å². The topological polar surface area (TPSA) is 35.8 Å². The lowest BCUT2D eigenvalue weighted by atomic mass is 10.1. The molecule has 2 nitrogen and oxygen atoms in total. The Hall–Kier alpha value is -1.63. The molecule has 102 valence electrons. The van der Waals surface area contributed by atoms with E-state index in [0.717, 1.165) is 5.69 Å². The molecule has 1 unspecified atom stereocenters. The molecule has 0 aromatic heterocycles. The van der Waals surface area contributed by atoms with E-state index in [1.165, 1.54) is 10.5 Å². The molecule has 0 aliphatic carbocycles. The molecule has 2 rings (SSSR count). The zero-order chi connectivity index (χ0) is 14.5. The van der Waals surface area contributed by atoms with Gasteiger partial charge in [-0.05, 0) is 49.1 Å². The highest BCUT2D eigenvalue weighted by Crippen LogP contribution is 2.27. The minimum absolute atomic E-state index is 0.149. The van der Waals surface area contributed by atoms with Crippen LogP contribution in [-0.2, 0) is 0 Å². The van der Waals surface area contributed by atoms with Crippen LogP contribution in [0.25, 0.3) is 0 Å². The summed E-state index contributed by atoms with van der Waals surface area (Å²) in [6.07, 6.45) is 2.06. The molecule has 0 aliphatic rings. The highest BCUT2D eigenvalue weighted by Gasteiger charge is 2.08. The summed E-state index contributed by atoms with van der Waals surface area (Å²) in [7, 11) is 0. The standard InChI is InChI=1S/C16H15ClN2S/c1-11(13-4-6-14(20-2)7-5-13)19-16-8-3-12(10-18)9-15(16)17/h3-9,11,19H,1-2H3. The summed E-state index contributed by atoms with van der Waals surface area (Å²) in [4.78, 5) is 1.25. The van der Waals surface area contributed by atoms with E-state index in [9.17, 15) is 0 Å². The minimum Gasteiger partial charge on any atom is -0.377 e. The average molecular weight is 303 g/mol. The van der Waals surface area contributed by atoms with Gasteiger partial charge in [0.25, 0.3) is 0 Å². The van der Waals surface area contributed by atoms with Gasteiger partial charge in [-0.3, -0.25) is 0 Å². The first kappa shape index (κ1) is 14.8. The summed E-state index contributed by atoms with van der Waals surface area (Å²) in [5.41, 5.74) is 2.60. The molecule has 0 fully saturated rings. The van der Waals surface area contributed by atoms with Crippen LogP contribution in [0.2, 0.25) is 5.02 Å². The number of anilines is 1. The number of hydrogen-bond donors (Lipinski definition) is 1. The molecular formula is C16H15ClN2S. The Balaban J connectivity index is 2.14. The van der Waals surface area contributed by atoms with Crippen LogP contribution in [0.15, 0.2) is 47.4 Å². The van der Waals surface area contributed by atoms with E-state index >= 15 is 0 Å². The Bertz CT molecular complexity index is 632. The molecule has 0 bridgehead atoms. The molecule has 1 N–H and O–H groups in total. The van der Waals surface area contributed by atoms with E-state index in [1.54, 1.807) is 23.9 Å². The number of nitrogens with zero attached hydrogens (tertiary/aromatic N) is 1. The van der Waals surface area contributed by atoms with Crippen molar-refractivity contribution in [2.24, 2.45) is 0 Å². The van der Waals surface area contributed by atoms with Gasteiger partial charge in [0.15, 0.2) is 0 Å². The van der Waals surface area contributed by atoms with Crippen LogP contribution in [-0.4, -0.2) is 6.26 Å². The van der Waals surface area contributed by atoms with Gasteiger partial charge in [0, 0.05) is 10.9 Å². The maximum absolute atomic E-state index is 8.83. The third kappa shape index (κ3) is 3.47. The van der Waals surface area contributed by atoms with Crippen molar-refractivity contribution >= 4 is 29.1 Å². The van der Waals surface area contributed by atoms with Gasteiger partial charge in [0.1, 0.15) is 0 Å². The summed E-state index contributed by atoms with van der Waals surface area (Å²) in [5.74, 6) is 0. The predicted molar refractivity (Wildman–Crippen MR) is 86.4 cm³/mol. The van der Waals surface area contributed by atoms with Gasteiger partial charge in [-0.1, -0.05) is 23.7 Å². The fourth-order valence-electron chi connectivity index (χ4n) is 1.91. The Kier molecular flexibility index (Phi) is 4.94. The van der Waals surface area contributed by atoms with E-state index in [2.05, 4.69) is 48.8 Å². The molecule has 2 aromatic rings. The number of halogens is 1. The van der Waals surface area contributed by atoms with E-state index in [-0.39, 0.29) is 6.04 Å². The number of nitrogens with one attached hydrogen (secondary N) is 1. The Morgan fingerprint density at radius 1 is 1.20 bits per heavy atom. The third-order valence-corrected chi connectivity index (χ3v) is 4.14. The minimum atomic E-state index is 0.149. The summed E-state index contributed by atoms with van der Waals surface area (Å²) in [5, 5.41) is 12.8. The van der Waals surface area contributed by atoms with E-state index in [0.29, 0.717) is 10.6 Å². The molecule has 0 amide bonds. The summed E-state index contributed by atoms with van der Waals surface area (Å²) < 4.78 is 0. The highest BCUT2D eigenvalue weighted by molar-refractivity contribution is 7.98. The van der Waals surface area contributed by atoms with Crippen LogP contribution >= 0.6 is 23.4 Å². The first-order valence-electron chi connectivity index (χ1n) is 6.24. The molecule has 1 atom stereocenters. The fourth-order valence-corrected chi connectivity index (χ4v) is 2.55. The van der Waals surface area contributed by atoms with Gasteiger partial charge >= 0.3 is 0 Å². The maximum Gasteiger partial charge on any atom is 0.0992 e. The molecule has 0 saturated carbocycles. The maximum atomic E-state index is 8.83. The quantitative estimate of drug-likeness (QED) is 0.797. The normalized spacial score (nSPS) is 11.7. The van der Waals surface area contributed by atoms with E-state index < -0.39 is 0 Å². The number of benzene rings is 2. The van der Waals surface area contributed by atoms with Crippen molar-refractivity contribution in [3.63, 3.8) is 0 Å². The van der Waals surface area contributed by atoms with Crippen molar-refractivity contribution in [2.75, 3.05) is 11.6 Å². The van der Waals surface area contributed by atoms with Gasteiger partial charge in [-0.15, -0.1) is 11.8 Å². The van der Waals surface area contributed by atoms with Crippen molar-refractivity contribution in [1.82, 2.24) is 0 Å². The lowest BCUT2D eigenvalue weighted by Crippen LogP contribution is -2.06. The largest absolute Gasteiger partial charge is 0.377 e. The van der Waals surface area contributed by atoms with Crippen LogP contribution in [0.1, 0.15) is 24.1 Å². The zero-order valence-electron chi connectivity index (χ0n) is 11.4. The van der Waals surface area contributed by atoms with Crippen LogP contribution < -0.4 is 5.32 Å². The predicted octanol–water partition coefficient (Wildman–Crippen LogP) is 5.11. The number of thioether (sulfide) groups is 1. The SMILES string of the molecule is CSc1ccc(C(C)Nc2ccc(C#N)cc2Cl)cc1. The van der Waals surface area contributed by atoms with Crippen molar-refractivity contribution in [3.8, 4) is 6.07 Å². The number of hydrogen-bond acceptors (Lipinski definition) is 3. The summed E-state index contributed by atoms with van der Waals surface area (Å²) in [6, 6.07) is 15.9. The van der Waals surface area contributed by atoms with Crippen molar-refractivity contribution in [3.05, 3.63) is 58.6 Å². The average Bonchev–Trinajstić information content (AvgIpc) is 2.49.